The minimum Gasteiger partial charge on any atom is -0.317 e. The molecule has 4 nitrogen and oxygen atoms in total. The van der Waals surface area contributed by atoms with Crippen molar-refractivity contribution < 1.29 is 0 Å². The van der Waals surface area contributed by atoms with Gasteiger partial charge in [-0.25, -0.2) is 0 Å². The maximum Gasteiger partial charge on any atom is -0.00173 e. The fraction of sp³-hybridized carbons (Fsp3) is 1.00. The first-order valence-electron chi connectivity index (χ1n) is 9.21. The minimum absolute atomic E-state index is 0.931. The van der Waals surface area contributed by atoms with Crippen LogP contribution in [0.15, 0.2) is 0 Å². The van der Waals surface area contributed by atoms with Crippen LogP contribution in [-0.2, 0) is 0 Å². The third-order valence-corrected chi connectivity index (χ3v) is 3.80. The van der Waals surface area contributed by atoms with Crippen LogP contribution in [0.2, 0.25) is 0 Å². The van der Waals surface area contributed by atoms with Gasteiger partial charge in [0.15, 0.2) is 0 Å². The third kappa shape index (κ3) is 13.2. The van der Waals surface area contributed by atoms with Crippen LogP contribution in [0.5, 0.6) is 0 Å². The maximum absolute atomic E-state index is 3.58. The highest BCUT2D eigenvalue weighted by Crippen LogP contribution is 2.36. The second-order valence-corrected chi connectivity index (χ2v) is 5.58. The van der Waals surface area contributed by atoms with Crippen molar-refractivity contribution in [2.24, 2.45) is 11.8 Å². The lowest BCUT2D eigenvalue weighted by Gasteiger charge is -2.06. The van der Waals surface area contributed by atoms with Gasteiger partial charge in [-0.05, 0) is 83.5 Å². The fourth-order valence-electron chi connectivity index (χ4n) is 2.42. The number of nitrogens with one attached hydrogen (secondary N) is 4. The molecule has 1 rings (SSSR count). The van der Waals surface area contributed by atoms with Crippen LogP contribution in [-0.4, -0.2) is 52.4 Å². The van der Waals surface area contributed by atoms with Gasteiger partial charge in [-0.1, -0.05) is 27.7 Å². The lowest BCUT2D eigenvalue weighted by molar-refractivity contribution is 0.537. The predicted octanol–water partition coefficient (Wildman–Crippen LogP) is 1.83. The molecule has 128 valence electrons. The Labute approximate surface area is 133 Å². The van der Waals surface area contributed by atoms with E-state index in [2.05, 4.69) is 35.1 Å². The first kappa shape index (κ1) is 20.8. The Balaban J connectivity index is 0.00000191. The Morgan fingerprint density at radius 3 is 1.43 bits per heavy atom. The summed E-state index contributed by atoms with van der Waals surface area (Å²) in [4.78, 5) is 0. The molecule has 4 N–H and O–H groups in total. The summed E-state index contributed by atoms with van der Waals surface area (Å²) >= 11 is 0. The monoisotopic (exact) mass is 300 g/mol. The van der Waals surface area contributed by atoms with Crippen LogP contribution < -0.4 is 21.3 Å². The predicted molar refractivity (Wildman–Crippen MR) is 95.0 cm³/mol. The van der Waals surface area contributed by atoms with E-state index in [9.17, 15) is 0 Å². The van der Waals surface area contributed by atoms with E-state index in [0.29, 0.717) is 0 Å². The molecule has 1 fully saturated rings. The highest BCUT2D eigenvalue weighted by Gasteiger charge is 2.35. The van der Waals surface area contributed by atoms with Crippen LogP contribution in [0.1, 0.15) is 47.0 Å². The van der Waals surface area contributed by atoms with Gasteiger partial charge in [0.1, 0.15) is 0 Å². The second kappa shape index (κ2) is 16.2. The van der Waals surface area contributed by atoms with Gasteiger partial charge in [0.25, 0.3) is 0 Å². The molecule has 0 heterocycles. The molecule has 0 bridgehead atoms. The molecule has 0 saturated heterocycles. The Kier molecular flexibility index (Phi) is 16.1. The SMILES string of the molecule is CC.CCNCCCNCC1CC1CNCCCNCC. The molecule has 1 aliphatic carbocycles. The van der Waals surface area contributed by atoms with Crippen molar-refractivity contribution in [1.82, 2.24) is 21.3 Å². The highest BCUT2D eigenvalue weighted by atomic mass is 14.9. The van der Waals surface area contributed by atoms with E-state index >= 15 is 0 Å². The molecular formula is C17H40N4. The van der Waals surface area contributed by atoms with E-state index in [1.54, 1.807) is 0 Å². The van der Waals surface area contributed by atoms with E-state index in [0.717, 1.165) is 51.1 Å². The van der Waals surface area contributed by atoms with Crippen molar-refractivity contribution in [3.63, 3.8) is 0 Å². The summed E-state index contributed by atoms with van der Waals surface area (Å²) in [6, 6.07) is 0. The van der Waals surface area contributed by atoms with Crippen molar-refractivity contribution in [1.29, 1.82) is 0 Å². The topological polar surface area (TPSA) is 48.1 Å². The van der Waals surface area contributed by atoms with E-state index < -0.39 is 0 Å². The summed E-state index contributed by atoms with van der Waals surface area (Å²) in [6.07, 6.45) is 3.90. The Hall–Kier alpha value is -0.160. The van der Waals surface area contributed by atoms with Crippen LogP contribution in [0, 0.1) is 11.8 Å². The Morgan fingerprint density at radius 1 is 0.667 bits per heavy atom. The molecule has 0 spiro atoms. The number of hydrogen-bond acceptors (Lipinski definition) is 4. The largest absolute Gasteiger partial charge is 0.317 e. The molecule has 0 radical (unpaired) electrons. The van der Waals surface area contributed by atoms with Crippen molar-refractivity contribution in [2.75, 3.05) is 52.4 Å². The van der Waals surface area contributed by atoms with Gasteiger partial charge in [-0.3, -0.25) is 0 Å². The van der Waals surface area contributed by atoms with Gasteiger partial charge in [-0.2, -0.15) is 0 Å². The molecule has 1 aliphatic rings. The summed E-state index contributed by atoms with van der Waals surface area (Å²) in [7, 11) is 0. The Bertz CT molecular complexity index is 179. The van der Waals surface area contributed by atoms with Gasteiger partial charge in [-0.15, -0.1) is 0 Å². The van der Waals surface area contributed by atoms with Crippen molar-refractivity contribution in [2.45, 2.75) is 47.0 Å². The van der Waals surface area contributed by atoms with E-state index in [1.165, 1.54) is 32.4 Å². The number of rotatable bonds is 14. The summed E-state index contributed by atoms with van der Waals surface area (Å²) in [5, 5.41) is 13.9. The van der Waals surface area contributed by atoms with Crippen LogP contribution in [0.25, 0.3) is 0 Å². The molecular weight excluding hydrogens is 260 g/mol. The third-order valence-electron chi connectivity index (χ3n) is 3.80. The fourth-order valence-corrected chi connectivity index (χ4v) is 2.42. The van der Waals surface area contributed by atoms with Crippen molar-refractivity contribution >= 4 is 0 Å². The van der Waals surface area contributed by atoms with Crippen molar-refractivity contribution in [3.05, 3.63) is 0 Å². The van der Waals surface area contributed by atoms with Gasteiger partial charge in [0.05, 0.1) is 0 Å². The van der Waals surface area contributed by atoms with E-state index in [4.69, 9.17) is 0 Å². The van der Waals surface area contributed by atoms with Crippen LogP contribution >= 0.6 is 0 Å². The zero-order valence-electron chi connectivity index (χ0n) is 14.9. The van der Waals surface area contributed by atoms with Gasteiger partial charge < -0.3 is 21.3 Å². The standard InChI is InChI=1S/C15H34N4.C2H6/c1-3-16-7-5-9-18-12-14-11-15(14)13-19-10-6-8-17-4-2;1-2/h14-19H,3-13H2,1-2H3;1-2H3. The molecule has 1 saturated carbocycles. The summed E-state index contributed by atoms with van der Waals surface area (Å²) < 4.78 is 0. The molecule has 4 heteroatoms. The quantitative estimate of drug-likeness (QED) is 0.370. The summed E-state index contributed by atoms with van der Waals surface area (Å²) in [5.41, 5.74) is 0. The zero-order valence-corrected chi connectivity index (χ0v) is 14.9. The molecule has 0 aromatic heterocycles. The lowest BCUT2D eigenvalue weighted by Crippen LogP contribution is -2.26. The van der Waals surface area contributed by atoms with Gasteiger partial charge in [0, 0.05) is 0 Å². The number of hydrogen-bond donors (Lipinski definition) is 4. The Morgan fingerprint density at radius 2 is 1.05 bits per heavy atom. The first-order valence-corrected chi connectivity index (χ1v) is 9.21. The molecule has 0 aromatic carbocycles. The van der Waals surface area contributed by atoms with E-state index in [-0.39, 0.29) is 0 Å². The summed E-state index contributed by atoms with van der Waals surface area (Å²) in [6.45, 7) is 17.5. The van der Waals surface area contributed by atoms with Crippen LogP contribution in [0.4, 0.5) is 0 Å². The molecule has 21 heavy (non-hydrogen) atoms. The molecule has 0 amide bonds. The maximum atomic E-state index is 3.58. The smallest absolute Gasteiger partial charge is 0.00173 e. The lowest BCUT2D eigenvalue weighted by atomic mass is 10.3. The molecule has 2 unspecified atom stereocenters. The minimum atomic E-state index is 0.931. The van der Waals surface area contributed by atoms with Gasteiger partial charge >= 0.3 is 0 Å². The normalized spacial score (nSPS) is 20.0. The first-order chi connectivity index (χ1) is 10.4. The van der Waals surface area contributed by atoms with Crippen molar-refractivity contribution in [3.8, 4) is 0 Å². The molecule has 0 aliphatic heterocycles. The van der Waals surface area contributed by atoms with Crippen LogP contribution in [0.3, 0.4) is 0 Å². The molecule has 0 aromatic rings. The average molecular weight is 301 g/mol. The zero-order chi connectivity index (χ0) is 15.8. The van der Waals surface area contributed by atoms with Gasteiger partial charge in [0.2, 0.25) is 0 Å². The second-order valence-electron chi connectivity index (χ2n) is 5.58. The summed E-state index contributed by atoms with van der Waals surface area (Å²) in [5.74, 6) is 1.86. The van der Waals surface area contributed by atoms with E-state index in [1.807, 2.05) is 13.8 Å². The average Bonchev–Trinajstić information content (AvgIpc) is 3.27. The highest BCUT2D eigenvalue weighted by molar-refractivity contribution is 4.89. The molecule has 2 atom stereocenters.